The van der Waals surface area contributed by atoms with Crippen molar-refractivity contribution in [1.82, 2.24) is 0 Å². The molecule has 0 bridgehead atoms. The number of carbonyl (C=O) groups is 1. The van der Waals surface area contributed by atoms with E-state index in [1.165, 1.54) is 13.2 Å². The first-order valence-electron chi connectivity index (χ1n) is 7.31. The number of hydrogen-bond donors (Lipinski definition) is 3. The minimum atomic E-state index is -1.22. The van der Waals surface area contributed by atoms with Crippen molar-refractivity contribution < 1.29 is 29.3 Å². The standard InChI is InChI=1S/C19H18O6/c1-11(5-9-16(24-3)12(2)20)4-7-14-10-13-6-8-15(19(22)23)17(21)18(13)25-14/h4-10,20-21H,2H2,1,3H3,(H,22,23)/b7-4+,11-5+,16-9+. The summed E-state index contributed by atoms with van der Waals surface area (Å²) in [6.45, 7) is 5.22. The number of allylic oxidation sites excluding steroid dienone is 4. The number of carboxylic acids is 1. The van der Waals surface area contributed by atoms with Crippen molar-refractivity contribution in [3.05, 3.63) is 71.4 Å². The SMILES string of the molecule is C=C(O)\C(=C/C=C(C)/C=C/c1cc2ccc(C(=O)O)c(O)c2o1)OC. The normalized spacial score (nSPS) is 12.7. The molecule has 0 radical (unpaired) electrons. The summed E-state index contributed by atoms with van der Waals surface area (Å²) in [4.78, 5) is 11.0. The van der Waals surface area contributed by atoms with Crippen molar-refractivity contribution in [2.75, 3.05) is 7.11 Å². The average Bonchev–Trinajstić information content (AvgIpc) is 2.97. The van der Waals surface area contributed by atoms with Crippen LogP contribution >= 0.6 is 0 Å². The van der Waals surface area contributed by atoms with Gasteiger partial charge in [0.2, 0.25) is 0 Å². The van der Waals surface area contributed by atoms with Crippen LogP contribution in [0.4, 0.5) is 0 Å². The molecule has 0 aliphatic heterocycles. The number of aliphatic hydroxyl groups excluding tert-OH is 1. The minimum absolute atomic E-state index is 0.124. The highest BCUT2D eigenvalue weighted by atomic mass is 16.5. The number of furan rings is 1. The van der Waals surface area contributed by atoms with E-state index in [4.69, 9.17) is 14.3 Å². The summed E-state index contributed by atoms with van der Waals surface area (Å²) < 4.78 is 10.5. The van der Waals surface area contributed by atoms with Crippen molar-refractivity contribution >= 4 is 23.0 Å². The third-order valence-electron chi connectivity index (χ3n) is 3.42. The summed E-state index contributed by atoms with van der Waals surface area (Å²) in [5.74, 6) is -1.08. The third kappa shape index (κ3) is 4.11. The Kier molecular flexibility index (Phi) is 5.34. The lowest BCUT2D eigenvalue weighted by Gasteiger charge is -2.01. The van der Waals surface area contributed by atoms with Crippen LogP contribution in [0.5, 0.6) is 5.75 Å². The van der Waals surface area contributed by atoms with E-state index in [0.717, 1.165) is 5.57 Å². The van der Waals surface area contributed by atoms with E-state index in [1.807, 2.05) is 6.92 Å². The minimum Gasteiger partial charge on any atom is -0.505 e. The van der Waals surface area contributed by atoms with Gasteiger partial charge in [-0.2, -0.15) is 0 Å². The van der Waals surface area contributed by atoms with Crippen LogP contribution in [0, 0.1) is 0 Å². The molecule has 6 nitrogen and oxygen atoms in total. The van der Waals surface area contributed by atoms with Gasteiger partial charge < -0.3 is 24.5 Å². The Balaban J connectivity index is 2.28. The van der Waals surface area contributed by atoms with Crippen LogP contribution in [-0.2, 0) is 4.74 Å². The van der Waals surface area contributed by atoms with Gasteiger partial charge >= 0.3 is 5.97 Å². The Morgan fingerprint density at radius 3 is 2.60 bits per heavy atom. The van der Waals surface area contributed by atoms with E-state index in [0.29, 0.717) is 11.1 Å². The summed E-state index contributed by atoms with van der Waals surface area (Å²) >= 11 is 0. The zero-order valence-corrected chi connectivity index (χ0v) is 13.8. The van der Waals surface area contributed by atoms with Gasteiger partial charge in [0, 0.05) is 5.39 Å². The first-order chi connectivity index (χ1) is 11.8. The van der Waals surface area contributed by atoms with E-state index in [9.17, 15) is 15.0 Å². The van der Waals surface area contributed by atoms with Crippen LogP contribution in [0.3, 0.4) is 0 Å². The number of rotatable bonds is 6. The predicted octanol–water partition coefficient (Wildman–Crippen LogP) is 4.40. The van der Waals surface area contributed by atoms with Crippen molar-refractivity contribution in [1.29, 1.82) is 0 Å². The van der Waals surface area contributed by atoms with Gasteiger partial charge in [-0.05, 0) is 37.3 Å². The van der Waals surface area contributed by atoms with Crippen LogP contribution in [0.2, 0.25) is 0 Å². The zero-order chi connectivity index (χ0) is 18.6. The number of fused-ring (bicyclic) bond motifs is 1. The molecule has 0 atom stereocenters. The van der Waals surface area contributed by atoms with Gasteiger partial charge in [0.25, 0.3) is 0 Å². The third-order valence-corrected chi connectivity index (χ3v) is 3.42. The van der Waals surface area contributed by atoms with Gasteiger partial charge in [0.1, 0.15) is 17.1 Å². The summed E-state index contributed by atoms with van der Waals surface area (Å²) in [6.07, 6.45) is 6.74. The first-order valence-corrected chi connectivity index (χ1v) is 7.31. The van der Waals surface area contributed by atoms with Crippen LogP contribution in [0.15, 0.2) is 64.5 Å². The topological polar surface area (TPSA) is 100 Å². The Hall–Kier alpha value is -3.41. The Morgan fingerprint density at radius 2 is 2.00 bits per heavy atom. The fraction of sp³-hybridized carbons (Fsp3) is 0.105. The molecule has 25 heavy (non-hydrogen) atoms. The van der Waals surface area contributed by atoms with Crippen LogP contribution in [-0.4, -0.2) is 28.4 Å². The van der Waals surface area contributed by atoms with Gasteiger partial charge in [-0.25, -0.2) is 4.79 Å². The van der Waals surface area contributed by atoms with E-state index in [-0.39, 0.29) is 22.7 Å². The lowest BCUT2D eigenvalue weighted by molar-refractivity contribution is 0.0694. The van der Waals surface area contributed by atoms with Crippen LogP contribution in [0.1, 0.15) is 23.0 Å². The van der Waals surface area contributed by atoms with Gasteiger partial charge in [-0.3, -0.25) is 0 Å². The molecule has 0 aliphatic rings. The molecule has 1 heterocycles. The highest BCUT2D eigenvalue weighted by molar-refractivity contribution is 5.98. The maximum Gasteiger partial charge on any atom is 0.339 e. The van der Waals surface area contributed by atoms with Crippen LogP contribution in [0.25, 0.3) is 17.0 Å². The maximum absolute atomic E-state index is 11.0. The number of hydrogen-bond acceptors (Lipinski definition) is 5. The Bertz CT molecular complexity index is 911. The van der Waals surface area contributed by atoms with E-state index >= 15 is 0 Å². The number of aliphatic hydroxyl groups is 1. The van der Waals surface area contributed by atoms with Gasteiger partial charge in [-0.1, -0.05) is 24.3 Å². The largest absolute Gasteiger partial charge is 0.505 e. The summed E-state index contributed by atoms with van der Waals surface area (Å²) in [5.41, 5.74) is 0.751. The van der Waals surface area contributed by atoms with Crippen LogP contribution < -0.4 is 0 Å². The molecule has 0 aliphatic carbocycles. The van der Waals surface area contributed by atoms with Crippen molar-refractivity contribution in [3.8, 4) is 5.75 Å². The van der Waals surface area contributed by atoms with Crippen molar-refractivity contribution in [3.63, 3.8) is 0 Å². The number of phenols is 1. The molecular weight excluding hydrogens is 324 g/mol. The smallest absolute Gasteiger partial charge is 0.339 e. The maximum atomic E-state index is 11.0. The molecule has 0 fully saturated rings. The molecule has 0 unspecified atom stereocenters. The molecule has 1 aromatic carbocycles. The molecule has 2 rings (SSSR count). The number of carboxylic acid groups (broad SMARTS) is 1. The molecule has 0 amide bonds. The molecule has 3 N–H and O–H groups in total. The molecule has 0 saturated carbocycles. The first kappa shape index (κ1) is 17.9. The Labute approximate surface area is 144 Å². The van der Waals surface area contributed by atoms with Crippen molar-refractivity contribution in [2.24, 2.45) is 0 Å². The number of aromatic carboxylic acids is 1. The molecule has 0 spiro atoms. The van der Waals surface area contributed by atoms with E-state index in [1.54, 1.807) is 36.4 Å². The second-order valence-corrected chi connectivity index (χ2v) is 5.26. The average molecular weight is 342 g/mol. The molecule has 1 aromatic heterocycles. The number of methoxy groups -OCH3 is 1. The highest BCUT2D eigenvalue weighted by Crippen LogP contribution is 2.31. The quantitative estimate of drug-likeness (QED) is 0.531. The highest BCUT2D eigenvalue weighted by Gasteiger charge is 2.15. The molecule has 0 saturated heterocycles. The number of ether oxygens (including phenoxy) is 1. The number of benzene rings is 1. The lowest BCUT2D eigenvalue weighted by atomic mass is 10.1. The zero-order valence-electron chi connectivity index (χ0n) is 13.8. The summed E-state index contributed by atoms with van der Waals surface area (Å²) in [6, 6.07) is 4.59. The molecule has 130 valence electrons. The summed E-state index contributed by atoms with van der Waals surface area (Å²) in [7, 11) is 1.43. The second kappa shape index (κ2) is 7.44. The number of aromatic hydroxyl groups is 1. The summed E-state index contributed by atoms with van der Waals surface area (Å²) in [5, 5.41) is 28.9. The second-order valence-electron chi connectivity index (χ2n) is 5.26. The molecule has 2 aromatic rings. The van der Waals surface area contributed by atoms with E-state index < -0.39 is 11.7 Å². The molecule has 6 heteroatoms. The predicted molar refractivity (Wildman–Crippen MR) is 94.5 cm³/mol. The fourth-order valence-corrected chi connectivity index (χ4v) is 2.12. The monoisotopic (exact) mass is 342 g/mol. The molecular formula is C19H18O6. The lowest BCUT2D eigenvalue weighted by Crippen LogP contribution is -1.95. The van der Waals surface area contributed by atoms with Gasteiger partial charge in [0.15, 0.2) is 17.1 Å². The fourth-order valence-electron chi connectivity index (χ4n) is 2.12. The Morgan fingerprint density at radius 1 is 1.28 bits per heavy atom. The van der Waals surface area contributed by atoms with Crippen molar-refractivity contribution in [2.45, 2.75) is 6.92 Å². The van der Waals surface area contributed by atoms with Gasteiger partial charge in [-0.15, -0.1) is 0 Å². The van der Waals surface area contributed by atoms with Gasteiger partial charge in [0.05, 0.1) is 7.11 Å². The van der Waals surface area contributed by atoms with E-state index in [2.05, 4.69) is 6.58 Å².